The molecule has 206 valence electrons. The van der Waals surface area contributed by atoms with Crippen molar-refractivity contribution in [3.05, 3.63) is 117 Å². The zero-order valence-electron chi connectivity index (χ0n) is 22.0. The lowest BCUT2D eigenvalue weighted by Crippen LogP contribution is -2.17. The molecule has 0 bridgehead atoms. The van der Waals surface area contributed by atoms with Crippen LogP contribution in [0.5, 0.6) is 23.0 Å². The molecular weight excluding hydrogens is 551 g/mol. The number of benzene rings is 4. The molecule has 0 radical (unpaired) electrons. The summed E-state index contributed by atoms with van der Waals surface area (Å²) in [6, 6.07) is 25.4. The number of hydrogen-bond donors (Lipinski definition) is 1. The summed E-state index contributed by atoms with van der Waals surface area (Å²) in [6.45, 7) is 2.93. The number of nitrogens with zero attached hydrogens (tertiary/aromatic N) is 1. The van der Waals surface area contributed by atoms with E-state index in [0.717, 1.165) is 11.1 Å². The number of hydrogen-bond acceptors (Lipinski definition) is 6. The number of rotatable bonds is 12. The highest BCUT2D eigenvalue weighted by molar-refractivity contribution is 6.35. The molecule has 0 saturated heterocycles. The first-order valence-electron chi connectivity index (χ1n) is 12.5. The second-order valence-corrected chi connectivity index (χ2v) is 9.35. The molecular formula is C31H28Cl2N2O5. The molecule has 0 aliphatic rings. The van der Waals surface area contributed by atoms with Gasteiger partial charge >= 0.3 is 0 Å². The van der Waals surface area contributed by atoms with Gasteiger partial charge in [0.2, 0.25) is 0 Å². The molecule has 0 fully saturated rings. The fourth-order valence-electron chi connectivity index (χ4n) is 3.68. The molecule has 0 aromatic heterocycles. The molecule has 4 aromatic rings. The molecule has 1 N–H and O–H groups in total. The highest BCUT2D eigenvalue weighted by Crippen LogP contribution is 2.31. The predicted molar refractivity (Wildman–Crippen MR) is 157 cm³/mol. The van der Waals surface area contributed by atoms with Crippen LogP contribution in [-0.2, 0) is 13.2 Å². The van der Waals surface area contributed by atoms with E-state index in [2.05, 4.69) is 10.5 Å². The molecule has 0 saturated carbocycles. The minimum Gasteiger partial charge on any atom is -0.493 e. The topological polar surface area (TPSA) is 78.4 Å². The summed E-state index contributed by atoms with van der Waals surface area (Å²) >= 11 is 12.2. The number of hydrazone groups is 1. The van der Waals surface area contributed by atoms with Gasteiger partial charge in [-0.2, -0.15) is 5.10 Å². The summed E-state index contributed by atoms with van der Waals surface area (Å²) in [6.07, 6.45) is 1.51. The Morgan fingerprint density at radius 1 is 0.825 bits per heavy atom. The zero-order valence-corrected chi connectivity index (χ0v) is 23.5. The van der Waals surface area contributed by atoms with Gasteiger partial charge in [-0.25, -0.2) is 5.43 Å². The smallest absolute Gasteiger partial charge is 0.271 e. The first-order chi connectivity index (χ1) is 19.5. The second kappa shape index (κ2) is 14.3. The molecule has 40 heavy (non-hydrogen) atoms. The van der Waals surface area contributed by atoms with Gasteiger partial charge in [-0.15, -0.1) is 0 Å². The summed E-state index contributed by atoms with van der Waals surface area (Å²) in [5, 5.41) is 5.17. The lowest BCUT2D eigenvalue weighted by molar-refractivity contribution is 0.0954. The number of halogens is 2. The van der Waals surface area contributed by atoms with Crippen molar-refractivity contribution in [1.29, 1.82) is 0 Å². The van der Waals surface area contributed by atoms with E-state index < -0.39 is 5.91 Å². The predicted octanol–water partition coefficient (Wildman–Crippen LogP) is 7.32. The van der Waals surface area contributed by atoms with E-state index in [1.165, 1.54) is 6.21 Å². The average molecular weight is 579 g/mol. The number of nitrogens with one attached hydrogen (secondary N) is 1. The minimum absolute atomic E-state index is 0.246. The van der Waals surface area contributed by atoms with Crippen LogP contribution in [0.25, 0.3) is 0 Å². The first-order valence-corrected chi connectivity index (χ1v) is 13.2. The Morgan fingerprint density at radius 2 is 1.57 bits per heavy atom. The zero-order chi connectivity index (χ0) is 28.3. The monoisotopic (exact) mass is 578 g/mol. The molecule has 9 heteroatoms. The van der Waals surface area contributed by atoms with Crippen LogP contribution in [0.4, 0.5) is 0 Å². The van der Waals surface area contributed by atoms with Gasteiger partial charge in [-0.3, -0.25) is 4.79 Å². The van der Waals surface area contributed by atoms with Crippen LogP contribution >= 0.6 is 23.2 Å². The Balaban J connectivity index is 1.37. The maximum atomic E-state index is 12.7. The van der Waals surface area contributed by atoms with Crippen LogP contribution in [0.15, 0.2) is 90.0 Å². The third-order valence-corrected chi connectivity index (χ3v) is 6.30. The normalized spacial score (nSPS) is 10.8. The van der Waals surface area contributed by atoms with E-state index in [1.54, 1.807) is 55.6 Å². The quantitative estimate of drug-likeness (QED) is 0.141. The maximum absolute atomic E-state index is 12.7. The van der Waals surface area contributed by atoms with Gasteiger partial charge in [-0.05, 0) is 66.6 Å². The molecule has 0 atom stereocenters. The summed E-state index contributed by atoms with van der Waals surface area (Å²) in [5.41, 5.74) is 5.45. The summed E-state index contributed by atoms with van der Waals surface area (Å²) in [7, 11) is 1.54. The molecule has 4 rings (SSSR count). The van der Waals surface area contributed by atoms with Crippen molar-refractivity contribution in [1.82, 2.24) is 5.43 Å². The van der Waals surface area contributed by atoms with Crippen molar-refractivity contribution in [2.75, 3.05) is 13.7 Å². The Labute approximate surface area is 243 Å². The molecule has 0 heterocycles. The number of amides is 1. The van der Waals surface area contributed by atoms with Gasteiger partial charge in [-0.1, -0.05) is 59.6 Å². The fourth-order valence-corrected chi connectivity index (χ4v) is 4.14. The average Bonchev–Trinajstić information content (AvgIpc) is 2.97. The highest BCUT2D eigenvalue weighted by atomic mass is 35.5. The van der Waals surface area contributed by atoms with Crippen molar-refractivity contribution in [3.8, 4) is 23.0 Å². The Hall–Kier alpha value is -4.20. The van der Waals surface area contributed by atoms with Gasteiger partial charge in [0, 0.05) is 21.2 Å². The number of methoxy groups -OCH3 is 1. The number of carbonyl (C=O) groups excluding carboxylic acids is 1. The number of carbonyl (C=O) groups is 1. The number of ether oxygens (including phenoxy) is 4. The van der Waals surface area contributed by atoms with Crippen molar-refractivity contribution in [2.24, 2.45) is 5.10 Å². The molecule has 0 aliphatic carbocycles. The molecule has 0 aliphatic heterocycles. The third-order valence-electron chi connectivity index (χ3n) is 5.71. The van der Waals surface area contributed by atoms with Gasteiger partial charge in [0.05, 0.1) is 19.9 Å². The van der Waals surface area contributed by atoms with E-state index in [4.69, 9.17) is 42.1 Å². The van der Waals surface area contributed by atoms with Gasteiger partial charge in [0.15, 0.2) is 23.0 Å². The van der Waals surface area contributed by atoms with Crippen molar-refractivity contribution < 1.29 is 23.7 Å². The van der Waals surface area contributed by atoms with Crippen LogP contribution in [0.3, 0.4) is 0 Å². The molecule has 7 nitrogen and oxygen atoms in total. The standard InChI is InChI=1S/C31H28Cl2N2O5/c1-3-38-30-16-23(11-14-28(30)39-19-21-7-5-4-6-8-21)31(36)35-34-18-22-9-13-27(29(15-22)37-2)40-20-24-10-12-25(32)17-26(24)33/h4-18H,3,19-20H2,1-2H3,(H,35,36)/b34-18+. The largest absolute Gasteiger partial charge is 0.493 e. The van der Waals surface area contributed by atoms with Gasteiger partial charge in [0.1, 0.15) is 13.2 Å². The van der Waals surface area contributed by atoms with Gasteiger partial charge in [0.25, 0.3) is 5.91 Å². The van der Waals surface area contributed by atoms with Crippen LogP contribution in [0.2, 0.25) is 10.0 Å². The maximum Gasteiger partial charge on any atom is 0.271 e. The third kappa shape index (κ3) is 7.91. The van der Waals surface area contributed by atoms with Crippen LogP contribution in [0.1, 0.15) is 34.0 Å². The van der Waals surface area contributed by atoms with E-state index in [9.17, 15) is 4.79 Å². The van der Waals surface area contributed by atoms with Crippen molar-refractivity contribution in [2.45, 2.75) is 20.1 Å². The fraction of sp³-hybridized carbons (Fsp3) is 0.161. The van der Waals surface area contributed by atoms with E-state index in [-0.39, 0.29) is 6.61 Å². The van der Waals surface area contributed by atoms with E-state index in [0.29, 0.717) is 57.4 Å². The lowest BCUT2D eigenvalue weighted by atomic mass is 10.2. The van der Waals surface area contributed by atoms with E-state index in [1.807, 2.05) is 43.3 Å². The molecule has 1 amide bonds. The van der Waals surface area contributed by atoms with Crippen LogP contribution in [0, 0.1) is 0 Å². The summed E-state index contributed by atoms with van der Waals surface area (Å²) in [5.74, 6) is 1.69. The Bertz CT molecular complexity index is 1480. The molecule has 0 spiro atoms. The van der Waals surface area contributed by atoms with Crippen molar-refractivity contribution >= 4 is 35.3 Å². The van der Waals surface area contributed by atoms with E-state index >= 15 is 0 Å². The van der Waals surface area contributed by atoms with Crippen LogP contribution in [-0.4, -0.2) is 25.8 Å². The lowest BCUT2D eigenvalue weighted by Gasteiger charge is -2.13. The summed E-state index contributed by atoms with van der Waals surface area (Å²) in [4.78, 5) is 12.7. The minimum atomic E-state index is -0.390. The highest BCUT2D eigenvalue weighted by Gasteiger charge is 2.12. The Morgan fingerprint density at radius 3 is 2.33 bits per heavy atom. The van der Waals surface area contributed by atoms with Crippen LogP contribution < -0.4 is 24.4 Å². The van der Waals surface area contributed by atoms with Crippen molar-refractivity contribution in [3.63, 3.8) is 0 Å². The second-order valence-electron chi connectivity index (χ2n) is 8.50. The summed E-state index contributed by atoms with van der Waals surface area (Å²) < 4.78 is 23.0. The first kappa shape index (κ1) is 28.8. The molecule has 4 aromatic carbocycles. The molecule has 0 unspecified atom stereocenters. The van der Waals surface area contributed by atoms with Gasteiger partial charge < -0.3 is 18.9 Å². The SMILES string of the molecule is CCOc1cc(C(=O)N/N=C/c2ccc(OCc3ccc(Cl)cc3Cl)c(OC)c2)ccc1OCc1ccccc1. The Kier molecular flexibility index (Phi) is 10.3.